The topological polar surface area (TPSA) is 90.3 Å². The van der Waals surface area contributed by atoms with E-state index < -0.39 is 5.25 Å². The molecule has 168 valence electrons. The van der Waals surface area contributed by atoms with Gasteiger partial charge in [0.25, 0.3) is 0 Å². The first kappa shape index (κ1) is 22.3. The number of methoxy groups -OCH3 is 2. The summed E-state index contributed by atoms with van der Waals surface area (Å²) >= 11 is 7.76. The molecule has 1 aromatic heterocycles. The number of benzene rings is 2. The van der Waals surface area contributed by atoms with Gasteiger partial charge in [0, 0.05) is 12.1 Å². The zero-order valence-corrected chi connectivity index (χ0v) is 19.5. The highest BCUT2D eigenvalue weighted by Crippen LogP contribution is 2.39. The van der Waals surface area contributed by atoms with E-state index in [2.05, 4.69) is 27.9 Å². The van der Waals surface area contributed by atoms with Gasteiger partial charge in [0.15, 0.2) is 5.82 Å². The van der Waals surface area contributed by atoms with E-state index in [1.54, 1.807) is 44.6 Å². The van der Waals surface area contributed by atoms with Gasteiger partial charge in [-0.25, -0.2) is 4.68 Å². The summed E-state index contributed by atoms with van der Waals surface area (Å²) in [5.41, 5.74) is 4.98. The number of nitrogens with zero attached hydrogens (tertiary/aromatic N) is 3. The number of hydrogen-bond acceptors (Lipinski definition) is 7. The standard InChI is InChI=1S/C22H24ClN5O3S/c1-4-5-18-25-26-22-28(18)27-19(13-6-11-17(31-3)16(23)12-13)20(32-22)21(29)24-14-7-9-15(30-2)10-8-14/h6-12,19-20,27H,4-5H2,1-3H3,(H,24,29)/t19-,20-/m1/s1. The van der Waals surface area contributed by atoms with E-state index in [0.717, 1.165) is 30.0 Å². The predicted molar refractivity (Wildman–Crippen MR) is 125 cm³/mol. The molecule has 0 unspecified atom stereocenters. The molecular weight excluding hydrogens is 450 g/mol. The first-order chi connectivity index (χ1) is 15.5. The number of fused-ring (bicyclic) bond motifs is 1. The molecule has 10 heteroatoms. The summed E-state index contributed by atoms with van der Waals surface area (Å²) in [4.78, 5) is 13.3. The van der Waals surface area contributed by atoms with Crippen molar-refractivity contribution < 1.29 is 14.3 Å². The van der Waals surface area contributed by atoms with Crippen LogP contribution in [0.4, 0.5) is 5.69 Å². The van der Waals surface area contributed by atoms with Gasteiger partial charge in [0.2, 0.25) is 11.1 Å². The zero-order valence-electron chi connectivity index (χ0n) is 18.0. The number of carbonyl (C=O) groups is 1. The molecule has 4 rings (SSSR count). The fourth-order valence-electron chi connectivity index (χ4n) is 3.50. The lowest BCUT2D eigenvalue weighted by molar-refractivity contribution is -0.116. The molecule has 0 radical (unpaired) electrons. The van der Waals surface area contributed by atoms with Gasteiger partial charge in [0.05, 0.1) is 25.3 Å². The average molecular weight is 474 g/mol. The quantitative estimate of drug-likeness (QED) is 0.528. The summed E-state index contributed by atoms with van der Waals surface area (Å²) in [7, 11) is 3.17. The summed E-state index contributed by atoms with van der Waals surface area (Å²) in [6.45, 7) is 2.09. The van der Waals surface area contributed by atoms with Gasteiger partial charge in [0.1, 0.15) is 16.7 Å². The van der Waals surface area contributed by atoms with E-state index in [1.807, 2.05) is 16.8 Å². The van der Waals surface area contributed by atoms with Crippen molar-refractivity contribution in [1.29, 1.82) is 0 Å². The van der Waals surface area contributed by atoms with Crippen LogP contribution in [0.5, 0.6) is 11.5 Å². The van der Waals surface area contributed by atoms with Gasteiger partial charge in [-0.2, -0.15) is 0 Å². The Morgan fingerprint density at radius 2 is 1.97 bits per heavy atom. The molecule has 8 nitrogen and oxygen atoms in total. The number of aromatic nitrogens is 3. The Morgan fingerprint density at radius 1 is 1.19 bits per heavy atom. The van der Waals surface area contributed by atoms with Crippen molar-refractivity contribution in [1.82, 2.24) is 14.9 Å². The van der Waals surface area contributed by atoms with Crippen molar-refractivity contribution in [3.63, 3.8) is 0 Å². The number of carbonyl (C=O) groups excluding carboxylic acids is 1. The highest BCUT2D eigenvalue weighted by Gasteiger charge is 2.38. The molecule has 0 aliphatic carbocycles. The second-order valence-electron chi connectivity index (χ2n) is 7.24. The molecule has 2 heterocycles. The minimum absolute atomic E-state index is 0.157. The molecule has 0 fully saturated rings. The first-order valence-electron chi connectivity index (χ1n) is 10.2. The third-order valence-electron chi connectivity index (χ3n) is 5.13. The number of halogens is 1. The van der Waals surface area contributed by atoms with Crippen molar-refractivity contribution in [2.75, 3.05) is 25.0 Å². The van der Waals surface area contributed by atoms with E-state index in [0.29, 0.717) is 21.6 Å². The molecule has 3 aromatic rings. The van der Waals surface area contributed by atoms with E-state index >= 15 is 0 Å². The maximum Gasteiger partial charge on any atom is 0.240 e. The van der Waals surface area contributed by atoms with Crippen LogP contribution in [0.25, 0.3) is 0 Å². The van der Waals surface area contributed by atoms with Gasteiger partial charge in [-0.3, -0.25) is 4.79 Å². The molecule has 0 saturated carbocycles. The predicted octanol–water partition coefficient (Wildman–Crippen LogP) is 4.30. The normalized spacial score (nSPS) is 17.2. The number of rotatable bonds is 7. The Balaban J connectivity index is 1.66. The smallest absolute Gasteiger partial charge is 0.240 e. The van der Waals surface area contributed by atoms with Gasteiger partial charge in [-0.1, -0.05) is 36.4 Å². The summed E-state index contributed by atoms with van der Waals surface area (Å²) in [6.07, 6.45) is 1.71. The SMILES string of the molecule is CCCc1nnc2n1N[C@H](c1ccc(OC)c(Cl)c1)[C@H](C(=O)Nc1ccc(OC)cc1)S2. The van der Waals surface area contributed by atoms with Crippen LogP contribution >= 0.6 is 23.4 Å². The van der Waals surface area contributed by atoms with Crippen molar-refractivity contribution in [2.24, 2.45) is 0 Å². The number of hydrogen-bond donors (Lipinski definition) is 2. The first-order valence-corrected chi connectivity index (χ1v) is 11.5. The fraction of sp³-hybridized carbons (Fsp3) is 0.318. The summed E-state index contributed by atoms with van der Waals surface area (Å²) in [6, 6.07) is 12.4. The fourth-order valence-corrected chi connectivity index (χ4v) is 4.86. The molecule has 1 aliphatic rings. The zero-order chi connectivity index (χ0) is 22.7. The minimum Gasteiger partial charge on any atom is -0.497 e. The van der Waals surface area contributed by atoms with Crippen LogP contribution in [0.2, 0.25) is 5.02 Å². The van der Waals surface area contributed by atoms with Crippen molar-refractivity contribution in [2.45, 2.75) is 36.2 Å². The van der Waals surface area contributed by atoms with Crippen LogP contribution in [-0.4, -0.2) is 40.3 Å². The number of ether oxygens (including phenoxy) is 2. The number of anilines is 1. The van der Waals surface area contributed by atoms with E-state index in [1.165, 1.54) is 11.8 Å². The molecule has 1 aliphatic heterocycles. The van der Waals surface area contributed by atoms with Gasteiger partial charge < -0.3 is 20.2 Å². The summed E-state index contributed by atoms with van der Waals surface area (Å²) in [5, 5.41) is 12.2. The van der Waals surface area contributed by atoms with Gasteiger partial charge in [-0.15, -0.1) is 10.2 Å². The van der Waals surface area contributed by atoms with Crippen LogP contribution in [0.3, 0.4) is 0 Å². The van der Waals surface area contributed by atoms with Crippen LogP contribution in [-0.2, 0) is 11.2 Å². The van der Waals surface area contributed by atoms with Crippen LogP contribution in [0, 0.1) is 0 Å². The number of aryl methyl sites for hydroxylation is 1. The maximum absolute atomic E-state index is 13.3. The highest BCUT2D eigenvalue weighted by molar-refractivity contribution is 8.00. The average Bonchev–Trinajstić information content (AvgIpc) is 3.20. The molecule has 2 aromatic carbocycles. The molecule has 2 atom stereocenters. The van der Waals surface area contributed by atoms with Crippen LogP contribution in [0.1, 0.15) is 30.8 Å². The number of amides is 1. The third-order valence-corrected chi connectivity index (χ3v) is 6.64. The Kier molecular flexibility index (Phi) is 6.76. The molecule has 0 spiro atoms. The van der Waals surface area contributed by atoms with Crippen molar-refractivity contribution in [3.8, 4) is 11.5 Å². The van der Waals surface area contributed by atoms with E-state index in [-0.39, 0.29) is 11.9 Å². The van der Waals surface area contributed by atoms with E-state index in [9.17, 15) is 4.79 Å². The lowest BCUT2D eigenvalue weighted by atomic mass is 10.0. The summed E-state index contributed by atoms with van der Waals surface area (Å²) < 4.78 is 12.3. The number of nitrogens with one attached hydrogen (secondary N) is 2. The molecule has 0 saturated heterocycles. The van der Waals surface area contributed by atoms with Crippen LogP contribution < -0.4 is 20.2 Å². The molecule has 1 amide bonds. The molecule has 32 heavy (non-hydrogen) atoms. The highest BCUT2D eigenvalue weighted by atomic mass is 35.5. The second-order valence-corrected chi connectivity index (χ2v) is 8.76. The number of thioether (sulfide) groups is 1. The van der Waals surface area contributed by atoms with Crippen molar-refractivity contribution >= 4 is 35.0 Å². The maximum atomic E-state index is 13.3. The largest absolute Gasteiger partial charge is 0.497 e. The molecular formula is C22H24ClN5O3S. The Labute approximate surface area is 195 Å². The Morgan fingerprint density at radius 3 is 2.62 bits per heavy atom. The van der Waals surface area contributed by atoms with Crippen LogP contribution in [0.15, 0.2) is 47.6 Å². The second kappa shape index (κ2) is 9.70. The monoisotopic (exact) mass is 473 g/mol. The Hall–Kier alpha value is -2.91. The van der Waals surface area contributed by atoms with E-state index in [4.69, 9.17) is 21.1 Å². The minimum atomic E-state index is -0.507. The summed E-state index contributed by atoms with van der Waals surface area (Å²) in [5.74, 6) is 1.97. The lowest BCUT2D eigenvalue weighted by Gasteiger charge is -2.33. The van der Waals surface area contributed by atoms with Gasteiger partial charge in [-0.05, 0) is 48.4 Å². The van der Waals surface area contributed by atoms with Crippen molar-refractivity contribution in [3.05, 3.63) is 58.9 Å². The van der Waals surface area contributed by atoms with Gasteiger partial charge >= 0.3 is 0 Å². The lowest BCUT2D eigenvalue weighted by Crippen LogP contribution is -2.41. The third kappa shape index (κ3) is 4.49. The molecule has 0 bridgehead atoms. The molecule has 2 N–H and O–H groups in total. The Bertz CT molecular complexity index is 1110.